The molecular formula is C15H14ClN3O5S. The Morgan fingerprint density at radius 1 is 1.20 bits per heavy atom. The number of nitrogens with one attached hydrogen (secondary N) is 1. The third kappa shape index (κ3) is 4.13. The van der Waals surface area contributed by atoms with Crippen molar-refractivity contribution in [3.63, 3.8) is 0 Å². The fourth-order valence-corrected chi connectivity index (χ4v) is 3.33. The Morgan fingerprint density at radius 2 is 1.88 bits per heavy atom. The molecule has 0 aromatic heterocycles. The van der Waals surface area contributed by atoms with Crippen molar-refractivity contribution < 1.29 is 18.1 Å². The van der Waals surface area contributed by atoms with Crippen LogP contribution in [0.2, 0.25) is 5.02 Å². The van der Waals surface area contributed by atoms with Crippen molar-refractivity contribution in [1.82, 2.24) is 4.31 Å². The predicted molar refractivity (Wildman–Crippen MR) is 93.4 cm³/mol. The van der Waals surface area contributed by atoms with E-state index >= 15 is 0 Å². The number of non-ortho nitro benzene ring substituents is 1. The van der Waals surface area contributed by atoms with Crippen LogP contribution < -0.4 is 5.32 Å². The second-order valence-corrected chi connectivity index (χ2v) is 7.72. The summed E-state index contributed by atoms with van der Waals surface area (Å²) in [5.74, 6) is -0.618. The largest absolute Gasteiger partial charge is 0.322 e. The first-order valence-corrected chi connectivity index (χ1v) is 8.72. The zero-order chi connectivity index (χ0) is 18.8. The van der Waals surface area contributed by atoms with Crippen molar-refractivity contribution >= 4 is 38.9 Å². The summed E-state index contributed by atoms with van der Waals surface area (Å²) in [4.78, 5) is 22.3. The molecule has 0 saturated heterocycles. The maximum absolute atomic E-state index is 12.3. The van der Waals surface area contributed by atoms with Gasteiger partial charge in [-0.2, -0.15) is 0 Å². The topological polar surface area (TPSA) is 110 Å². The van der Waals surface area contributed by atoms with Crippen LogP contribution in [-0.4, -0.2) is 37.6 Å². The molecule has 1 amide bonds. The fraction of sp³-hybridized carbons (Fsp3) is 0.133. The summed E-state index contributed by atoms with van der Waals surface area (Å²) in [6.45, 7) is 0. The molecule has 0 unspecified atom stereocenters. The lowest BCUT2D eigenvalue weighted by molar-refractivity contribution is -0.384. The number of sulfonamides is 1. The van der Waals surface area contributed by atoms with Crippen molar-refractivity contribution in [1.29, 1.82) is 0 Å². The maximum Gasteiger partial charge on any atom is 0.271 e. The molecule has 2 aromatic rings. The Balaban J connectivity index is 2.35. The van der Waals surface area contributed by atoms with E-state index in [4.69, 9.17) is 11.6 Å². The van der Waals surface area contributed by atoms with Crippen LogP contribution in [0.25, 0.3) is 0 Å². The Morgan fingerprint density at radius 3 is 2.48 bits per heavy atom. The van der Waals surface area contributed by atoms with Crippen LogP contribution in [-0.2, 0) is 10.0 Å². The van der Waals surface area contributed by atoms with E-state index in [9.17, 15) is 23.3 Å². The first kappa shape index (κ1) is 18.8. The summed E-state index contributed by atoms with van der Waals surface area (Å²) in [7, 11) is -1.12. The van der Waals surface area contributed by atoms with Gasteiger partial charge in [0, 0.05) is 37.5 Å². The number of carbonyl (C=O) groups excluding carboxylic acids is 1. The van der Waals surface area contributed by atoms with Gasteiger partial charge in [-0.1, -0.05) is 17.7 Å². The van der Waals surface area contributed by atoms with E-state index in [1.807, 2.05) is 0 Å². The molecule has 0 atom stereocenters. The average molecular weight is 384 g/mol. The van der Waals surface area contributed by atoms with Gasteiger partial charge < -0.3 is 5.32 Å². The molecule has 8 nitrogen and oxygen atoms in total. The summed E-state index contributed by atoms with van der Waals surface area (Å²) in [5, 5.41) is 13.2. The highest BCUT2D eigenvalue weighted by Crippen LogP contribution is 2.25. The molecule has 25 heavy (non-hydrogen) atoms. The SMILES string of the molecule is CN(C)S(=O)(=O)c1cc(C(=O)Nc2cccc([N+](=O)[O-])c2)ccc1Cl. The molecule has 0 radical (unpaired) electrons. The highest BCUT2D eigenvalue weighted by atomic mass is 35.5. The van der Waals surface area contributed by atoms with E-state index in [0.717, 1.165) is 10.4 Å². The first-order valence-electron chi connectivity index (χ1n) is 6.91. The number of carbonyl (C=O) groups is 1. The zero-order valence-corrected chi connectivity index (χ0v) is 14.8. The molecular weight excluding hydrogens is 370 g/mol. The number of halogens is 1. The van der Waals surface area contributed by atoms with Crippen molar-refractivity contribution in [3.8, 4) is 0 Å². The molecule has 0 heterocycles. The molecule has 2 aromatic carbocycles. The molecule has 0 spiro atoms. The standard InChI is InChI=1S/C15H14ClN3O5S/c1-18(2)25(23,24)14-8-10(6-7-13(14)16)15(20)17-11-4-3-5-12(9-11)19(21)22/h3-9H,1-2H3,(H,17,20). The smallest absolute Gasteiger partial charge is 0.271 e. The van der Waals surface area contributed by atoms with Crippen LogP contribution in [0.5, 0.6) is 0 Å². The molecule has 0 aliphatic rings. The van der Waals surface area contributed by atoms with Gasteiger partial charge in [-0.05, 0) is 24.3 Å². The van der Waals surface area contributed by atoms with Crippen LogP contribution in [0.3, 0.4) is 0 Å². The monoisotopic (exact) mass is 383 g/mol. The van der Waals surface area contributed by atoms with Crippen LogP contribution in [0, 0.1) is 10.1 Å². The number of hydrogen-bond donors (Lipinski definition) is 1. The molecule has 10 heteroatoms. The average Bonchev–Trinajstić information content (AvgIpc) is 2.55. The number of nitro benzene ring substituents is 1. The third-order valence-corrected chi connectivity index (χ3v) is 5.56. The quantitative estimate of drug-likeness (QED) is 0.630. The van der Waals surface area contributed by atoms with Crippen molar-refractivity contribution in [3.05, 3.63) is 63.2 Å². The van der Waals surface area contributed by atoms with Gasteiger partial charge in [-0.25, -0.2) is 12.7 Å². The van der Waals surface area contributed by atoms with Gasteiger partial charge in [0.2, 0.25) is 10.0 Å². The van der Waals surface area contributed by atoms with Crippen molar-refractivity contribution in [2.45, 2.75) is 4.90 Å². The number of benzene rings is 2. The summed E-state index contributed by atoms with van der Waals surface area (Å²) >= 11 is 5.93. The Kier molecular flexibility index (Phi) is 5.41. The van der Waals surface area contributed by atoms with Crippen molar-refractivity contribution in [2.24, 2.45) is 0 Å². The van der Waals surface area contributed by atoms with Crippen molar-refractivity contribution in [2.75, 3.05) is 19.4 Å². The molecule has 132 valence electrons. The summed E-state index contributed by atoms with van der Waals surface area (Å²) in [6, 6.07) is 9.23. The van der Waals surface area contributed by atoms with E-state index in [1.54, 1.807) is 0 Å². The number of rotatable bonds is 5. The number of hydrogen-bond acceptors (Lipinski definition) is 5. The summed E-state index contributed by atoms with van der Waals surface area (Å²) < 4.78 is 25.5. The fourth-order valence-electron chi connectivity index (χ4n) is 1.94. The lowest BCUT2D eigenvalue weighted by Gasteiger charge is -2.14. The summed E-state index contributed by atoms with van der Waals surface area (Å²) in [5.41, 5.74) is 0.0901. The van der Waals surface area contributed by atoms with E-state index in [0.29, 0.717) is 0 Å². The third-order valence-electron chi connectivity index (χ3n) is 3.27. The zero-order valence-electron chi connectivity index (χ0n) is 13.3. The Labute approximate surface area is 149 Å². The van der Waals surface area contributed by atoms with E-state index in [1.165, 1.54) is 50.5 Å². The van der Waals surface area contributed by atoms with E-state index in [2.05, 4.69) is 5.32 Å². The van der Waals surface area contributed by atoms with Crippen LogP contribution in [0.15, 0.2) is 47.4 Å². The molecule has 0 aliphatic carbocycles. The normalized spacial score (nSPS) is 11.4. The lowest BCUT2D eigenvalue weighted by atomic mass is 10.2. The van der Waals surface area contributed by atoms with E-state index < -0.39 is 20.9 Å². The summed E-state index contributed by atoms with van der Waals surface area (Å²) in [6.07, 6.45) is 0. The highest BCUT2D eigenvalue weighted by molar-refractivity contribution is 7.89. The van der Waals surface area contributed by atoms with Gasteiger partial charge in [0.05, 0.1) is 9.95 Å². The highest BCUT2D eigenvalue weighted by Gasteiger charge is 2.22. The second kappa shape index (κ2) is 7.18. The molecule has 0 saturated carbocycles. The minimum Gasteiger partial charge on any atom is -0.322 e. The van der Waals surface area contributed by atoms with Gasteiger partial charge >= 0.3 is 0 Å². The number of amides is 1. The van der Waals surface area contributed by atoms with Crippen LogP contribution in [0.4, 0.5) is 11.4 Å². The molecule has 0 aliphatic heterocycles. The van der Waals surface area contributed by atoms with Gasteiger partial charge in [0.15, 0.2) is 0 Å². The van der Waals surface area contributed by atoms with Gasteiger partial charge in [-0.15, -0.1) is 0 Å². The molecule has 0 bridgehead atoms. The van der Waals surface area contributed by atoms with Crippen LogP contribution in [0.1, 0.15) is 10.4 Å². The predicted octanol–water partition coefficient (Wildman–Crippen LogP) is 2.75. The molecule has 2 rings (SSSR count). The second-order valence-electron chi connectivity index (χ2n) is 5.19. The first-order chi connectivity index (χ1) is 11.6. The molecule has 1 N–H and O–H groups in total. The van der Waals surface area contributed by atoms with Crippen LogP contribution >= 0.6 is 11.6 Å². The minimum atomic E-state index is -3.82. The Hall–Kier alpha value is -2.49. The number of nitro groups is 1. The maximum atomic E-state index is 12.3. The van der Waals surface area contributed by atoms with Gasteiger partial charge in [0.1, 0.15) is 4.90 Å². The number of nitrogens with zero attached hydrogens (tertiary/aromatic N) is 2. The van der Waals surface area contributed by atoms with Gasteiger partial charge in [0.25, 0.3) is 11.6 Å². The lowest BCUT2D eigenvalue weighted by Crippen LogP contribution is -2.23. The minimum absolute atomic E-state index is 0.0133. The van der Waals surface area contributed by atoms with E-state index in [-0.39, 0.29) is 26.9 Å². The van der Waals surface area contributed by atoms with Gasteiger partial charge in [-0.3, -0.25) is 14.9 Å². The number of anilines is 1. The Bertz CT molecular complexity index is 944. The molecule has 0 fully saturated rings.